The molecular weight excluding hydrogens is 414 g/mol. The fourth-order valence-electron chi connectivity index (χ4n) is 4.77. The zero-order valence-corrected chi connectivity index (χ0v) is 20.0. The van der Waals surface area contributed by atoms with Gasteiger partial charge in [-0.15, -0.1) is 0 Å². The van der Waals surface area contributed by atoms with Crippen LogP contribution in [0.4, 0.5) is 0 Å². The van der Waals surface area contributed by atoms with Gasteiger partial charge in [0, 0.05) is 46.8 Å². The SMILES string of the molecule is CCOc1cc2occ(-c3ccccc3OC)c2cc1/C(C)=C/C(=O)N1CCCCC1CC. The van der Waals surface area contributed by atoms with Crippen LogP contribution in [0.5, 0.6) is 11.5 Å². The van der Waals surface area contributed by atoms with E-state index in [1.807, 2.05) is 49.1 Å². The van der Waals surface area contributed by atoms with E-state index in [4.69, 9.17) is 13.9 Å². The van der Waals surface area contributed by atoms with Crippen LogP contribution in [0, 0.1) is 0 Å². The summed E-state index contributed by atoms with van der Waals surface area (Å²) in [6.07, 6.45) is 7.87. The number of fused-ring (bicyclic) bond motifs is 1. The summed E-state index contributed by atoms with van der Waals surface area (Å²) in [5.41, 5.74) is 4.45. The van der Waals surface area contributed by atoms with Gasteiger partial charge in [-0.2, -0.15) is 0 Å². The molecule has 1 aliphatic heterocycles. The lowest BCUT2D eigenvalue weighted by Gasteiger charge is -2.34. The van der Waals surface area contributed by atoms with E-state index in [0.29, 0.717) is 12.6 Å². The predicted molar refractivity (Wildman–Crippen MR) is 133 cm³/mol. The Kier molecular flexibility index (Phi) is 7.07. The van der Waals surface area contributed by atoms with E-state index >= 15 is 0 Å². The molecule has 2 aromatic carbocycles. The molecule has 1 amide bonds. The summed E-state index contributed by atoms with van der Waals surface area (Å²) in [6.45, 7) is 7.46. The maximum atomic E-state index is 13.2. The molecule has 174 valence electrons. The molecule has 2 heterocycles. The maximum Gasteiger partial charge on any atom is 0.247 e. The molecule has 0 saturated carbocycles. The number of allylic oxidation sites excluding steroid dienone is 1. The van der Waals surface area contributed by atoms with Crippen LogP contribution < -0.4 is 9.47 Å². The molecule has 0 N–H and O–H groups in total. The van der Waals surface area contributed by atoms with E-state index < -0.39 is 0 Å². The largest absolute Gasteiger partial charge is 0.496 e. The van der Waals surface area contributed by atoms with Crippen molar-refractivity contribution in [3.8, 4) is 22.6 Å². The molecule has 1 fully saturated rings. The standard InChI is InChI=1S/C28H33NO4/c1-5-20-11-9-10-14-29(20)28(30)15-19(3)22-16-23-24(21-12-7-8-13-25(21)31-4)18-33-27(23)17-26(22)32-6-2/h7-8,12-13,15-18,20H,5-6,9-11,14H2,1-4H3/b19-15+. The van der Waals surface area contributed by atoms with Crippen molar-refractivity contribution in [1.82, 2.24) is 4.90 Å². The van der Waals surface area contributed by atoms with Crippen molar-refractivity contribution in [2.24, 2.45) is 0 Å². The fourth-order valence-corrected chi connectivity index (χ4v) is 4.77. The minimum absolute atomic E-state index is 0.0822. The van der Waals surface area contributed by atoms with E-state index in [1.165, 1.54) is 6.42 Å². The average molecular weight is 448 g/mol. The van der Waals surface area contributed by atoms with Crippen LogP contribution in [0.25, 0.3) is 27.7 Å². The van der Waals surface area contributed by atoms with Crippen LogP contribution >= 0.6 is 0 Å². The van der Waals surface area contributed by atoms with E-state index in [9.17, 15) is 4.79 Å². The minimum atomic E-state index is 0.0822. The molecule has 1 atom stereocenters. The van der Waals surface area contributed by atoms with Gasteiger partial charge in [0.25, 0.3) is 0 Å². The molecule has 0 radical (unpaired) electrons. The molecule has 3 aromatic rings. The van der Waals surface area contributed by atoms with Gasteiger partial charge in [0.1, 0.15) is 17.1 Å². The van der Waals surface area contributed by atoms with Crippen LogP contribution in [-0.2, 0) is 4.79 Å². The van der Waals surface area contributed by atoms with Crippen LogP contribution in [0.3, 0.4) is 0 Å². The quantitative estimate of drug-likeness (QED) is 0.378. The molecule has 1 aliphatic rings. The van der Waals surface area contributed by atoms with Gasteiger partial charge in [0.2, 0.25) is 5.91 Å². The number of likely N-dealkylation sites (tertiary alicyclic amines) is 1. The Bertz CT molecular complexity index is 1160. The average Bonchev–Trinajstić information content (AvgIpc) is 3.26. The first-order valence-corrected chi connectivity index (χ1v) is 11.9. The van der Waals surface area contributed by atoms with Crippen LogP contribution in [0.15, 0.2) is 53.2 Å². The second kappa shape index (κ2) is 10.2. The molecule has 1 saturated heterocycles. The summed E-state index contributed by atoms with van der Waals surface area (Å²) in [5.74, 6) is 1.59. The first-order valence-electron chi connectivity index (χ1n) is 11.9. The van der Waals surface area contributed by atoms with Gasteiger partial charge in [-0.25, -0.2) is 0 Å². The number of nitrogens with zero attached hydrogens (tertiary/aromatic N) is 1. The number of hydrogen-bond donors (Lipinski definition) is 0. The van der Waals surface area contributed by atoms with Gasteiger partial charge in [0.05, 0.1) is 20.0 Å². The number of methoxy groups -OCH3 is 1. The zero-order valence-electron chi connectivity index (χ0n) is 20.0. The Morgan fingerprint density at radius 3 is 2.73 bits per heavy atom. The van der Waals surface area contributed by atoms with Gasteiger partial charge in [-0.05, 0) is 57.2 Å². The third-order valence-corrected chi connectivity index (χ3v) is 6.52. The third kappa shape index (κ3) is 4.63. The normalized spacial score (nSPS) is 16.8. The lowest BCUT2D eigenvalue weighted by molar-refractivity contribution is -0.129. The molecular formula is C28H33NO4. The van der Waals surface area contributed by atoms with Gasteiger partial charge >= 0.3 is 0 Å². The first kappa shape index (κ1) is 23.0. The van der Waals surface area contributed by atoms with Crippen LogP contribution in [0.2, 0.25) is 0 Å². The minimum Gasteiger partial charge on any atom is -0.496 e. The Balaban J connectivity index is 1.77. The summed E-state index contributed by atoms with van der Waals surface area (Å²) in [4.78, 5) is 15.2. The maximum absolute atomic E-state index is 13.2. The highest BCUT2D eigenvalue weighted by Gasteiger charge is 2.24. The number of rotatable bonds is 7. The van der Waals surface area contributed by atoms with Crippen molar-refractivity contribution in [1.29, 1.82) is 0 Å². The van der Waals surface area contributed by atoms with E-state index in [0.717, 1.165) is 70.5 Å². The number of furan rings is 1. The Hall–Kier alpha value is -3.21. The van der Waals surface area contributed by atoms with E-state index in [2.05, 4.69) is 13.0 Å². The highest BCUT2D eigenvalue weighted by atomic mass is 16.5. The number of carbonyl (C=O) groups is 1. The van der Waals surface area contributed by atoms with Crippen molar-refractivity contribution in [3.05, 3.63) is 54.3 Å². The van der Waals surface area contributed by atoms with Crippen molar-refractivity contribution in [3.63, 3.8) is 0 Å². The smallest absolute Gasteiger partial charge is 0.247 e. The molecule has 5 nitrogen and oxygen atoms in total. The van der Waals surface area contributed by atoms with Gasteiger partial charge in [-0.1, -0.05) is 25.1 Å². The summed E-state index contributed by atoms with van der Waals surface area (Å²) in [6, 6.07) is 12.2. The monoisotopic (exact) mass is 447 g/mol. The summed E-state index contributed by atoms with van der Waals surface area (Å²) in [7, 11) is 1.67. The van der Waals surface area contributed by atoms with E-state index in [-0.39, 0.29) is 5.91 Å². The second-order valence-electron chi connectivity index (χ2n) is 8.54. The molecule has 4 rings (SSSR count). The Morgan fingerprint density at radius 1 is 1.15 bits per heavy atom. The summed E-state index contributed by atoms with van der Waals surface area (Å²) in [5, 5.41) is 0.961. The predicted octanol–water partition coefficient (Wildman–Crippen LogP) is 6.70. The number of hydrogen-bond acceptors (Lipinski definition) is 4. The molecule has 1 unspecified atom stereocenters. The lowest BCUT2D eigenvalue weighted by atomic mass is 9.97. The molecule has 0 bridgehead atoms. The fraction of sp³-hybridized carbons (Fsp3) is 0.393. The number of para-hydroxylation sites is 1. The number of amides is 1. The lowest BCUT2D eigenvalue weighted by Crippen LogP contribution is -2.42. The first-order chi connectivity index (χ1) is 16.1. The summed E-state index contributed by atoms with van der Waals surface area (Å²) < 4.78 is 17.4. The second-order valence-corrected chi connectivity index (χ2v) is 8.54. The zero-order chi connectivity index (χ0) is 23.4. The Morgan fingerprint density at radius 2 is 1.97 bits per heavy atom. The number of piperidine rings is 1. The highest BCUT2D eigenvalue weighted by molar-refractivity contribution is 6.01. The molecule has 0 spiro atoms. The molecule has 0 aliphatic carbocycles. The van der Waals surface area contributed by atoms with E-state index in [1.54, 1.807) is 19.4 Å². The van der Waals surface area contributed by atoms with Crippen molar-refractivity contribution in [2.75, 3.05) is 20.3 Å². The van der Waals surface area contributed by atoms with Gasteiger partial charge < -0.3 is 18.8 Å². The van der Waals surface area contributed by atoms with Gasteiger partial charge in [-0.3, -0.25) is 4.79 Å². The molecule has 33 heavy (non-hydrogen) atoms. The number of carbonyl (C=O) groups excluding carboxylic acids is 1. The van der Waals surface area contributed by atoms with Crippen molar-refractivity contribution in [2.45, 2.75) is 52.5 Å². The third-order valence-electron chi connectivity index (χ3n) is 6.52. The van der Waals surface area contributed by atoms with Crippen molar-refractivity contribution >= 4 is 22.4 Å². The molecule has 5 heteroatoms. The van der Waals surface area contributed by atoms with Gasteiger partial charge in [0.15, 0.2) is 0 Å². The topological polar surface area (TPSA) is 51.9 Å². The van der Waals surface area contributed by atoms with Crippen LogP contribution in [-0.4, -0.2) is 37.1 Å². The highest BCUT2D eigenvalue weighted by Crippen LogP contribution is 2.40. The van der Waals surface area contributed by atoms with Crippen molar-refractivity contribution < 1.29 is 18.7 Å². The van der Waals surface area contributed by atoms with Crippen LogP contribution in [0.1, 0.15) is 52.0 Å². The Labute approximate surface area is 196 Å². The number of ether oxygens (including phenoxy) is 2. The number of benzene rings is 2. The summed E-state index contributed by atoms with van der Waals surface area (Å²) >= 11 is 0. The molecule has 1 aromatic heterocycles.